The minimum absolute atomic E-state index is 0.0698. The fourth-order valence-electron chi connectivity index (χ4n) is 5.17. The van der Waals surface area contributed by atoms with Crippen LogP contribution in [0.5, 0.6) is 5.75 Å². The summed E-state index contributed by atoms with van der Waals surface area (Å²) >= 11 is 0. The van der Waals surface area contributed by atoms with E-state index in [-0.39, 0.29) is 23.8 Å². The number of piperidine rings is 1. The summed E-state index contributed by atoms with van der Waals surface area (Å²) in [4.78, 5) is 37.5. The Kier molecular flexibility index (Phi) is 6.60. The number of carbonyl (C=O) groups excluding carboxylic acids is 2. The van der Waals surface area contributed by atoms with E-state index in [1.54, 1.807) is 43.4 Å². The van der Waals surface area contributed by atoms with Gasteiger partial charge in [-0.25, -0.2) is 4.98 Å². The summed E-state index contributed by atoms with van der Waals surface area (Å²) in [6.07, 6.45) is 3.82. The van der Waals surface area contributed by atoms with Crippen molar-refractivity contribution in [1.29, 1.82) is 0 Å². The molecule has 0 unspecified atom stereocenters. The van der Waals surface area contributed by atoms with Crippen LogP contribution < -0.4 is 10.1 Å². The summed E-state index contributed by atoms with van der Waals surface area (Å²) in [7, 11) is 3.34. The van der Waals surface area contributed by atoms with Crippen molar-refractivity contribution in [3.63, 3.8) is 0 Å². The molecule has 2 aromatic carbocycles. The van der Waals surface area contributed by atoms with Gasteiger partial charge < -0.3 is 15.0 Å². The molecule has 9 nitrogen and oxygen atoms in total. The van der Waals surface area contributed by atoms with E-state index in [4.69, 9.17) is 4.74 Å². The molecule has 2 aromatic heterocycles. The van der Waals surface area contributed by atoms with E-state index in [2.05, 4.69) is 20.4 Å². The number of nitrogens with zero attached hydrogens (tertiary/aromatic N) is 5. The Balaban J connectivity index is 1.42. The maximum Gasteiger partial charge on any atom is 0.270 e. The van der Waals surface area contributed by atoms with E-state index >= 15 is 0 Å². The van der Waals surface area contributed by atoms with Crippen molar-refractivity contribution in [2.75, 3.05) is 20.2 Å². The average Bonchev–Trinajstić information content (AvgIpc) is 3.18. The zero-order valence-electron chi connectivity index (χ0n) is 21.4. The maximum atomic E-state index is 13.7. The first-order chi connectivity index (χ1) is 17.9. The number of hydrogen-bond donors (Lipinski definition) is 1. The number of carbonyl (C=O) groups is 2. The molecule has 2 atom stereocenters. The summed E-state index contributed by atoms with van der Waals surface area (Å²) < 4.78 is 7.12. The minimum atomic E-state index is -0.149. The van der Waals surface area contributed by atoms with Gasteiger partial charge in [-0.15, -0.1) is 0 Å². The zero-order valence-corrected chi connectivity index (χ0v) is 21.4. The van der Waals surface area contributed by atoms with Crippen molar-refractivity contribution in [3.05, 3.63) is 82.9 Å². The van der Waals surface area contributed by atoms with Gasteiger partial charge in [0.15, 0.2) is 0 Å². The van der Waals surface area contributed by atoms with Gasteiger partial charge >= 0.3 is 0 Å². The number of nitrogens with one attached hydrogen (secondary N) is 1. The Hall–Kier alpha value is -4.27. The monoisotopic (exact) mass is 498 g/mol. The highest BCUT2D eigenvalue weighted by atomic mass is 16.5. The Bertz CT molecular complexity index is 1470. The standard InChI is InChI=1S/C28H30N6O3/c1-17-18(2)32-33(3)26(17)27(35)31-22-10-13-34(16-21(22)19-8-6-5-7-9-19)28(36)20-14-23-25(24(15-20)37-4)30-12-11-29-23/h5-9,11-12,14-15,21-22H,10,13,16H2,1-4H3,(H,31,35)/t21-,22-/m1/s1. The SMILES string of the molecule is COc1cc(C(=O)N2CC[C@@H](NC(=O)c3c(C)c(C)nn3C)[C@@H](c3ccccc3)C2)cc2nccnc12. The van der Waals surface area contributed by atoms with Gasteiger partial charge in [-0.1, -0.05) is 30.3 Å². The van der Waals surface area contributed by atoms with Gasteiger partial charge in [0.2, 0.25) is 0 Å². The number of likely N-dealkylation sites (tertiary alicyclic amines) is 1. The number of amides is 2. The van der Waals surface area contributed by atoms with Crippen molar-refractivity contribution in [1.82, 2.24) is 30.0 Å². The van der Waals surface area contributed by atoms with Gasteiger partial charge in [0.25, 0.3) is 11.8 Å². The molecule has 1 saturated heterocycles. The van der Waals surface area contributed by atoms with Gasteiger partial charge in [-0.05, 0) is 38.0 Å². The zero-order chi connectivity index (χ0) is 26.1. The van der Waals surface area contributed by atoms with Gasteiger partial charge in [0, 0.05) is 55.6 Å². The lowest BCUT2D eigenvalue weighted by Gasteiger charge is -2.39. The van der Waals surface area contributed by atoms with Crippen molar-refractivity contribution in [2.24, 2.45) is 7.05 Å². The molecule has 9 heteroatoms. The van der Waals surface area contributed by atoms with Crippen LogP contribution in [0.15, 0.2) is 54.9 Å². The van der Waals surface area contributed by atoms with Crippen molar-refractivity contribution in [3.8, 4) is 5.75 Å². The van der Waals surface area contributed by atoms with Crippen molar-refractivity contribution >= 4 is 22.8 Å². The topological polar surface area (TPSA) is 102 Å². The van der Waals surface area contributed by atoms with Crippen molar-refractivity contribution in [2.45, 2.75) is 32.2 Å². The molecule has 0 bridgehead atoms. The van der Waals surface area contributed by atoms with E-state index < -0.39 is 0 Å². The molecule has 1 N–H and O–H groups in total. The van der Waals surface area contributed by atoms with Gasteiger partial charge in [0.1, 0.15) is 17.0 Å². The van der Waals surface area contributed by atoms with Crippen LogP contribution in [-0.2, 0) is 7.05 Å². The van der Waals surface area contributed by atoms with Gasteiger partial charge in [-0.2, -0.15) is 5.10 Å². The number of benzene rings is 2. The molecule has 0 saturated carbocycles. The molecule has 0 spiro atoms. The molecular formula is C28H30N6O3. The molecule has 1 aliphatic heterocycles. The average molecular weight is 499 g/mol. The van der Waals surface area contributed by atoms with Crippen LogP contribution in [0.2, 0.25) is 0 Å². The van der Waals surface area contributed by atoms with Crippen LogP contribution in [0.4, 0.5) is 0 Å². The number of hydrogen-bond acceptors (Lipinski definition) is 6. The lowest BCUT2D eigenvalue weighted by Crippen LogP contribution is -2.51. The Morgan fingerprint density at radius 3 is 2.54 bits per heavy atom. The quantitative estimate of drug-likeness (QED) is 0.452. The number of fused-ring (bicyclic) bond motifs is 1. The number of rotatable bonds is 5. The fraction of sp³-hybridized carbons (Fsp3) is 0.321. The Morgan fingerprint density at radius 2 is 1.84 bits per heavy atom. The summed E-state index contributed by atoms with van der Waals surface area (Å²) in [6.45, 7) is 4.79. The molecule has 190 valence electrons. The predicted octanol–water partition coefficient (Wildman–Crippen LogP) is 3.42. The molecule has 37 heavy (non-hydrogen) atoms. The van der Waals surface area contributed by atoms with Crippen LogP contribution in [0, 0.1) is 13.8 Å². The van der Waals surface area contributed by atoms with Gasteiger partial charge in [0.05, 0.1) is 18.3 Å². The predicted molar refractivity (Wildman–Crippen MR) is 140 cm³/mol. The summed E-state index contributed by atoms with van der Waals surface area (Å²) in [5, 5.41) is 7.63. The minimum Gasteiger partial charge on any atom is -0.494 e. The maximum absolute atomic E-state index is 13.7. The number of ether oxygens (including phenoxy) is 1. The van der Waals surface area contributed by atoms with E-state index in [0.29, 0.717) is 47.6 Å². The van der Waals surface area contributed by atoms with Gasteiger partial charge in [-0.3, -0.25) is 19.3 Å². The lowest BCUT2D eigenvalue weighted by atomic mass is 9.85. The summed E-state index contributed by atoms with van der Waals surface area (Å²) in [6, 6.07) is 13.4. The molecule has 1 aliphatic rings. The van der Waals surface area contributed by atoms with Crippen LogP contribution >= 0.6 is 0 Å². The number of aromatic nitrogens is 4. The molecule has 0 aliphatic carbocycles. The first-order valence-electron chi connectivity index (χ1n) is 12.3. The highest BCUT2D eigenvalue weighted by Crippen LogP contribution is 2.30. The Labute approximate surface area is 215 Å². The normalized spacial score (nSPS) is 17.6. The first-order valence-corrected chi connectivity index (χ1v) is 12.3. The fourth-order valence-corrected chi connectivity index (χ4v) is 5.17. The van der Waals surface area contributed by atoms with Crippen molar-refractivity contribution < 1.29 is 14.3 Å². The molecule has 5 rings (SSSR count). The number of methoxy groups -OCH3 is 1. The van der Waals surface area contributed by atoms with E-state index in [1.165, 1.54) is 0 Å². The Morgan fingerprint density at radius 1 is 1.08 bits per heavy atom. The third kappa shape index (κ3) is 4.64. The molecule has 4 aromatic rings. The molecule has 0 radical (unpaired) electrons. The van der Waals surface area contributed by atoms with E-state index in [0.717, 1.165) is 16.8 Å². The highest BCUT2D eigenvalue weighted by Gasteiger charge is 2.35. The lowest BCUT2D eigenvalue weighted by molar-refractivity contribution is 0.0670. The molecule has 1 fully saturated rings. The third-order valence-corrected chi connectivity index (χ3v) is 7.19. The second kappa shape index (κ2) is 10.0. The second-order valence-corrected chi connectivity index (χ2v) is 9.42. The summed E-state index contributed by atoms with van der Waals surface area (Å²) in [5.74, 6) is 0.191. The van der Waals surface area contributed by atoms with Crippen LogP contribution in [-0.4, -0.2) is 62.7 Å². The van der Waals surface area contributed by atoms with E-state index in [9.17, 15) is 9.59 Å². The molecule has 2 amide bonds. The molecule has 3 heterocycles. The second-order valence-electron chi connectivity index (χ2n) is 9.42. The first kappa shape index (κ1) is 24.4. The van der Waals surface area contributed by atoms with Crippen LogP contribution in [0.3, 0.4) is 0 Å². The highest BCUT2D eigenvalue weighted by molar-refractivity contribution is 5.99. The smallest absolute Gasteiger partial charge is 0.270 e. The summed E-state index contributed by atoms with van der Waals surface area (Å²) in [5.41, 5.74) is 5.07. The van der Waals surface area contributed by atoms with E-state index in [1.807, 2.05) is 49.1 Å². The third-order valence-electron chi connectivity index (χ3n) is 7.19. The van der Waals surface area contributed by atoms with Crippen LogP contribution in [0.1, 0.15) is 50.0 Å². The largest absolute Gasteiger partial charge is 0.494 e. The molecular weight excluding hydrogens is 468 g/mol. The van der Waals surface area contributed by atoms with Crippen LogP contribution in [0.25, 0.3) is 11.0 Å². The number of aryl methyl sites for hydroxylation is 2.